The van der Waals surface area contributed by atoms with Crippen molar-refractivity contribution in [1.82, 2.24) is 4.90 Å². The Kier molecular flexibility index (Phi) is 8.53. The van der Waals surface area contributed by atoms with Gasteiger partial charge in [-0.15, -0.1) is 0 Å². The van der Waals surface area contributed by atoms with Crippen molar-refractivity contribution >= 4 is 23.6 Å². The molecule has 0 spiro atoms. The van der Waals surface area contributed by atoms with Gasteiger partial charge in [0.25, 0.3) is 0 Å². The van der Waals surface area contributed by atoms with Crippen LogP contribution in [0.4, 0.5) is 10.1 Å². The van der Waals surface area contributed by atoms with Crippen molar-refractivity contribution in [2.24, 2.45) is 4.99 Å². The fourth-order valence-electron chi connectivity index (χ4n) is 3.17. The number of nitrogens with one attached hydrogen (secondary N) is 2. The first kappa shape index (κ1) is 22.8. The van der Waals surface area contributed by atoms with Crippen LogP contribution in [0, 0.1) is 16.6 Å². The van der Waals surface area contributed by atoms with Crippen molar-refractivity contribution in [3.63, 3.8) is 0 Å². The molecule has 1 aliphatic heterocycles. The Hall–Kier alpha value is -2.52. The molecule has 2 rings (SSSR count). The third-order valence-corrected chi connectivity index (χ3v) is 4.46. The van der Waals surface area contributed by atoms with Crippen LogP contribution in [0.5, 0.6) is 5.75 Å². The summed E-state index contributed by atoms with van der Waals surface area (Å²) in [5, 5.41) is 15.8. The zero-order valence-electron chi connectivity index (χ0n) is 17.2. The highest BCUT2D eigenvalue weighted by molar-refractivity contribution is 6.04. The molecule has 0 aliphatic carbocycles. The first-order chi connectivity index (χ1) is 13.8. The lowest BCUT2D eigenvalue weighted by Gasteiger charge is -2.34. The van der Waals surface area contributed by atoms with E-state index in [2.05, 4.69) is 4.99 Å². The molecule has 1 unspecified atom stereocenters. The molecule has 1 atom stereocenters. The average molecular weight is 407 g/mol. The highest BCUT2D eigenvalue weighted by Crippen LogP contribution is 2.26. The number of ether oxygens (including phenoxy) is 3. The van der Waals surface area contributed by atoms with E-state index in [4.69, 9.17) is 30.8 Å². The van der Waals surface area contributed by atoms with E-state index in [1.807, 2.05) is 4.90 Å². The van der Waals surface area contributed by atoms with Crippen LogP contribution in [-0.2, 0) is 9.47 Å². The summed E-state index contributed by atoms with van der Waals surface area (Å²) in [6, 6.07) is 2.66. The van der Waals surface area contributed by atoms with Gasteiger partial charge in [-0.1, -0.05) is 0 Å². The molecule has 1 aliphatic rings. The van der Waals surface area contributed by atoms with E-state index in [-0.39, 0.29) is 29.4 Å². The Morgan fingerprint density at radius 2 is 2.21 bits per heavy atom. The lowest BCUT2D eigenvalue weighted by atomic mass is 10.0. The monoisotopic (exact) mass is 407 g/mol. The van der Waals surface area contributed by atoms with E-state index >= 15 is 0 Å². The van der Waals surface area contributed by atoms with Crippen LogP contribution < -0.4 is 10.5 Å². The van der Waals surface area contributed by atoms with Crippen molar-refractivity contribution in [3.05, 3.63) is 23.5 Å². The van der Waals surface area contributed by atoms with E-state index in [1.165, 1.54) is 12.1 Å². The number of aliphatic imine (C=N–C) groups is 1. The maximum absolute atomic E-state index is 14.1. The number of anilines is 1. The second-order valence-electron chi connectivity index (χ2n) is 7.08. The predicted octanol–water partition coefficient (Wildman–Crippen LogP) is 2.70. The molecule has 1 aromatic rings. The third kappa shape index (κ3) is 6.50. The largest absolute Gasteiger partial charge is 0.488 e. The molecule has 160 valence electrons. The molecule has 1 heterocycles. The van der Waals surface area contributed by atoms with Gasteiger partial charge in [-0.25, -0.2) is 9.38 Å². The molecule has 8 nitrogen and oxygen atoms in total. The zero-order valence-corrected chi connectivity index (χ0v) is 17.2. The summed E-state index contributed by atoms with van der Waals surface area (Å²) >= 11 is 0. The molecular weight excluding hydrogens is 377 g/mol. The molecule has 4 N–H and O–H groups in total. The van der Waals surface area contributed by atoms with Gasteiger partial charge in [0.1, 0.15) is 12.2 Å². The van der Waals surface area contributed by atoms with Crippen LogP contribution in [0.2, 0.25) is 0 Å². The van der Waals surface area contributed by atoms with E-state index in [1.54, 1.807) is 21.0 Å². The number of halogens is 1. The number of hydrogen-bond donors (Lipinski definition) is 3. The second kappa shape index (κ2) is 10.9. The van der Waals surface area contributed by atoms with E-state index in [0.717, 1.165) is 6.34 Å². The van der Waals surface area contributed by atoms with Crippen molar-refractivity contribution in [2.45, 2.75) is 38.9 Å². The lowest BCUT2D eigenvalue weighted by Crippen LogP contribution is -2.47. The number of morpholine rings is 1. The van der Waals surface area contributed by atoms with Crippen molar-refractivity contribution in [1.29, 1.82) is 10.8 Å². The first-order valence-electron chi connectivity index (χ1n) is 9.60. The molecule has 0 aromatic heterocycles. The van der Waals surface area contributed by atoms with Gasteiger partial charge in [0.05, 0.1) is 25.4 Å². The Labute approximate surface area is 170 Å². The molecule has 1 saturated heterocycles. The number of nitrogen functional groups attached to an aromatic ring is 1. The van der Waals surface area contributed by atoms with Gasteiger partial charge in [0.15, 0.2) is 11.6 Å². The number of amidine groups is 1. The number of nitrogens with zero attached hydrogens (tertiary/aromatic N) is 2. The van der Waals surface area contributed by atoms with Crippen LogP contribution in [0.25, 0.3) is 0 Å². The second-order valence-corrected chi connectivity index (χ2v) is 7.08. The quantitative estimate of drug-likeness (QED) is 0.331. The van der Waals surface area contributed by atoms with Crippen molar-refractivity contribution in [2.75, 3.05) is 39.1 Å². The normalized spacial score (nSPS) is 17.5. The van der Waals surface area contributed by atoms with Gasteiger partial charge in [-0.2, -0.15) is 0 Å². The topological polar surface area (TPSA) is 117 Å². The average Bonchev–Trinajstić information content (AvgIpc) is 2.67. The minimum atomic E-state index is -0.545. The molecule has 0 bridgehead atoms. The minimum absolute atomic E-state index is 0.0624. The predicted molar refractivity (Wildman–Crippen MR) is 112 cm³/mol. The summed E-state index contributed by atoms with van der Waals surface area (Å²) in [5.41, 5.74) is 6.83. The fraction of sp³-hybridized carbons (Fsp3) is 0.550. The summed E-state index contributed by atoms with van der Waals surface area (Å²) in [7, 11) is 1.63. The van der Waals surface area contributed by atoms with E-state index in [0.29, 0.717) is 50.5 Å². The number of methoxy groups -OCH3 is 1. The molecule has 0 saturated carbocycles. The molecule has 1 fully saturated rings. The number of benzene rings is 1. The molecule has 29 heavy (non-hydrogen) atoms. The standard InChI is InChI=1S/C20H30FN5O3/c1-13(2)29-19-8-15(18(24)9-16(19)21)17(23)4-5-20(25-12-22)26-6-7-28-14(10-26)11-27-3/h8-9,12-14,22-23H,4-7,10-11,24H2,1-3H3. The molecule has 0 radical (unpaired) electrons. The smallest absolute Gasteiger partial charge is 0.167 e. The van der Waals surface area contributed by atoms with Crippen LogP contribution in [-0.4, -0.2) is 68.4 Å². The van der Waals surface area contributed by atoms with Crippen LogP contribution in [0.15, 0.2) is 17.1 Å². The number of hydrogen-bond acceptors (Lipinski definition) is 6. The Morgan fingerprint density at radius 3 is 2.86 bits per heavy atom. The SMILES string of the molecule is COCC1CN(C(CCC(=N)c2cc(OC(C)C)c(F)cc2N)=NC=N)CCO1. The Bertz CT molecular complexity index is 752. The van der Waals surface area contributed by atoms with Crippen LogP contribution in [0.3, 0.4) is 0 Å². The zero-order chi connectivity index (χ0) is 21.4. The summed E-state index contributed by atoms with van der Waals surface area (Å²) < 4.78 is 30.3. The van der Waals surface area contributed by atoms with E-state index in [9.17, 15) is 4.39 Å². The van der Waals surface area contributed by atoms with Gasteiger partial charge < -0.3 is 30.3 Å². The maximum atomic E-state index is 14.1. The highest BCUT2D eigenvalue weighted by atomic mass is 19.1. The van der Waals surface area contributed by atoms with Gasteiger partial charge >= 0.3 is 0 Å². The highest BCUT2D eigenvalue weighted by Gasteiger charge is 2.23. The van der Waals surface area contributed by atoms with Crippen molar-refractivity contribution in [3.8, 4) is 5.75 Å². The van der Waals surface area contributed by atoms with Crippen LogP contribution in [0.1, 0.15) is 32.3 Å². The number of nitrogens with two attached hydrogens (primary N) is 1. The summed E-state index contributed by atoms with van der Waals surface area (Å²) in [6.07, 6.45) is 1.54. The summed E-state index contributed by atoms with van der Waals surface area (Å²) in [6.45, 7) is 5.91. The summed E-state index contributed by atoms with van der Waals surface area (Å²) in [4.78, 5) is 6.23. The Balaban J connectivity index is 2.09. The van der Waals surface area contributed by atoms with Gasteiger partial charge in [-0.3, -0.25) is 5.41 Å². The first-order valence-corrected chi connectivity index (χ1v) is 9.60. The molecule has 1 aromatic carbocycles. The van der Waals surface area contributed by atoms with E-state index < -0.39 is 5.82 Å². The third-order valence-electron chi connectivity index (χ3n) is 4.46. The minimum Gasteiger partial charge on any atom is -0.488 e. The van der Waals surface area contributed by atoms with Crippen LogP contribution >= 0.6 is 0 Å². The van der Waals surface area contributed by atoms with Gasteiger partial charge in [0, 0.05) is 49.6 Å². The van der Waals surface area contributed by atoms with Crippen molar-refractivity contribution < 1.29 is 18.6 Å². The van der Waals surface area contributed by atoms with Gasteiger partial charge in [-0.05, 0) is 26.3 Å². The van der Waals surface area contributed by atoms with Gasteiger partial charge in [0.2, 0.25) is 0 Å². The molecule has 9 heteroatoms. The fourth-order valence-corrected chi connectivity index (χ4v) is 3.17. The molecule has 0 amide bonds. The molecular formula is C20H30FN5O3. The lowest BCUT2D eigenvalue weighted by molar-refractivity contribution is -0.0443. The number of rotatable bonds is 9. The maximum Gasteiger partial charge on any atom is 0.167 e. The summed E-state index contributed by atoms with van der Waals surface area (Å²) in [5.74, 6) is 0.239. The Morgan fingerprint density at radius 1 is 1.45 bits per heavy atom.